The van der Waals surface area contributed by atoms with Crippen molar-refractivity contribution in [2.45, 2.75) is 26.2 Å². The van der Waals surface area contributed by atoms with Gasteiger partial charge in [-0.15, -0.1) is 0 Å². The van der Waals surface area contributed by atoms with E-state index < -0.39 is 5.92 Å². The Hall–Kier alpha value is -2.02. The van der Waals surface area contributed by atoms with Crippen molar-refractivity contribution in [1.82, 2.24) is 4.90 Å². The minimum Gasteiger partial charge on any atom is -0.494 e. The Morgan fingerprint density at radius 2 is 2.20 bits per heavy atom. The summed E-state index contributed by atoms with van der Waals surface area (Å²) in [5.41, 5.74) is 1.13. The lowest BCUT2D eigenvalue weighted by molar-refractivity contribution is -0.133. The van der Waals surface area contributed by atoms with Crippen molar-refractivity contribution >= 4 is 5.91 Å². The average molecular weight is 272 g/mol. The van der Waals surface area contributed by atoms with Crippen LogP contribution in [-0.4, -0.2) is 30.5 Å². The van der Waals surface area contributed by atoms with Gasteiger partial charge in [-0.25, -0.2) is 0 Å². The van der Waals surface area contributed by atoms with E-state index in [4.69, 9.17) is 10.00 Å². The Balaban J connectivity index is 1.82. The highest BCUT2D eigenvalue weighted by molar-refractivity contribution is 5.81. The van der Waals surface area contributed by atoms with Gasteiger partial charge in [-0.3, -0.25) is 4.79 Å². The number of nitrogens with zero attached hydrogens (tertiary/aromatic N) is 2. The summed E-state index contributed by atoms with van der Waals surface area (Å²) in [7, 11) is 0. The van der Waals surface area contributed by atoms with E-state index in [0.717, 1.165) is 37.2 Å². The van der Waals surface area contributed by atoms with Crippen LogP contribution in [0.4, 0.5) is 0 Å². The molecule has 1 fully saturated rings. The lowest BCUT2D eigenvalue weighted by Gasteiger charge is -2.18. The number of aryl methyl sites for hydroxylation is 1. The molecule has 1 aliphatic rings. The van der Waals surface area contributed by atoms with Crippen molar-refractivity contribution < 1.29 is 9.53 Å². The molecule has 1 aliphatic heterocycles. The summed E-state index contributed by atoms with van der Waals surface area (Å²) >= 11 is 0. The Bertz CT molecular complexity index is 501. The quantitative estimate of drug-likeness (QED) is 0.827. The van der Waals surface area contributed by atoms with Crippen LogP contribution in [-0.2, 0) is 4.79 Å². The Morgan fingerprint density at radius 1 is 1.45 bits per heavy atom. The summed E-state index contributed by atoms with van der Waals surface area (Å²) in [4.78, 5) is 13.9. The molecule has 0 aromatic heterocycles. The van der Waals surface area contributed by atoms with Crippen LogP contribution in [0.3, 0.4) is 0 Å². The van der Waals surface area contributed by atoms with E-state index in [2.05, 4.69) is 6.07 Å². The smallest absolute Gasteiger partial charge is 0.240 e. The molecule has 0 saturated carbocycles. The van der Waals surface area contributed by atoms with Gasteiger partial charge in [-0.2, -0.15) is 5.26 Å². The van der Waals surface area contributed by atoms with E-state index in [1.807, 2.05) is 31.2 Å². The minimum atomic E-state index is -0.585. The van der Waals surface area contributed by atoms with E-state index in [1.165, 1.54) is 0 Å². The van der Waals surface area contributed by atoms with Crippen molar-refractivity contribution in [3.63, 3.8) is 0 Å². The molecule has 20 heavy (non-hydrogen) atoms. The van der Waals surface area contributed by atoms with Crippen molar-refractivity contribution in [1.29, 1.82) is 5.26 Å². The van der Waals surface area contributed by atoms with Gasteiger partial charge in [-0.05, 0) is 37.5 Å². The highest BCUT2D eigenvalue weighted by Crippen LogP contribution is 2.16. The van der Waals surface area contributed by atoms with Crippen LogP contribution in [0.25, 0.3) is 0 Å². The minimum absolute atomic E-state index is 0.0437. The van der Waals surface area contributed by atoms with Gasteiger partial charge in [0.05, 0.1) is 12.7 Å². The van der Waals surface area contributed by atoms with E-state index in [9.17, 15) is 4.79 Å². The molecule has 1 aromatic rings. The molecule has 2 rings (SSSR count). The summed E-state index contributed by atoms with van der Waals surface area (Å²) in [6.45, 7) is 3.97. The molecule has 4 heteroatoms. The monoisotopic (exact) mass is 272 g/mol. The molecule has 1 atom stereocenters. The lowest BCUT2D eigenvalue weighted by Crippen LogP contribution is -2.33. The molecule has 1 heterocycles. The fraction of sp³-hybridized carbons (Fsp3) is 0.500. The average Bonchev–Trinajstić information content (AvgIpc) is 2.97. The second kappa shape index (κ2) is 6.95. The normalized spacial score (nSPS) is 15.7. The number of benzene rings is 1. The van der Waals surface area contributed by atoms with Gasteiger partial charge in [0.15, 0.2) is 0 Å². The number of hydrogen-bond acceptors (Lipinski definition) is 3. The number of rotatable bonds is 5. The molecule has 1 amide bonds. The first-order valence-electron chi connectivity index (χ1n) is 7.08. The first-order chi connectivity index (χ1) is 9.70. The molecule has 0 spiro atoms. The molecule has 1 saturated heterocycles. The van der Waals surface area contributed by atoms with Crippen molar-refractivity contribution in [2.75, 3.05) is 19.7 Å². The zero-order chi connectivity index (χ0) is 14.4. The Labute approximate surface area is 120 Å². The maximum Gasteiger partial charge on any atom is 0.240 e. The van der Waals surface area contributed by atoms with Gasteiger partial charge < -0.3 is 9.64 Å². The van der Waals surface area contributed by atoms with Crippen LogP contribution < -0.4 is 4.74 Å². The summed E-state index contributed by atoms with van der Waals surface area (Å²) in [6, 6.07) is 9.87. The number of likely N-dealkylation sites (tertiary alicyclic amines) is 1. The zero-order valence-electron chi connectivity index (χ0n) is 11.8. The third-order valence-electron chi connectivity index (χ3n) is 3.54. The largest absolute Gasteiger partial charge is 0.494 e. The summed E-state index contributed by atoms with van der Waals surface area (Å²) in [5, 5.41) is 9.15. The topological polar surface area (TPSA) is 53.3 Å². The van der Waals surface area contributed by atoms with Gasteiger partial charge in [0.25, 0.3) is 0 Å². The molecule has 0 bridgehead atoms. The van der Waals surface area contributed by atoms with Crippen LogP contribution in [0.5, 0.6) is 5.75 Å². The van der Waals surface area contributed by atoms with E-state index in [-0.39, 0.29) is 5.91 Å². The standard InChI is InChI=1S/C16H20N2O2/c1-13-5-4-6-15(11-13)20-10-7-14(12-17)16(19)18-8-2-3-9-18/h4-6,11,14H,2-3,7-10H2,1H3. The van der Waals surface area contributed by atoms with E-state index in [1.54, 1.807) is 4.90 Å². The van der Waals surface area contributed by atoms with Gasteiger partial charge in [-0.1, -0.05) is 12.1 Å². The summed E-state index contributed by atoms with van der Waals surface area (Å²) in [6.07, 6.45) is 2.53. The maximum absolute atomic E-state index is 12.1. The van der Waals surface area contributed by atoms with Gasteiger partial charge in [0.1, 0.15) is 11.7 Å². The Morgan fingerprint density at radius 3 is 2.85 bits per heavy atom. The fourth-order valence-corrected chi connectivity index (χ4v) is 2.40. The summed E-state index contributed by atoms with van der Waals surface area (Å²) < 4.78 is 5.61. The Kier molecular flexibility index (Phi) is 5.00. The molecule has 0 aliphatic carbocycles. The summed E-state index contributed by atoms with van der Waals surface area (Å²) in [5.74, 6) is 0.158. The van der Waals surface area contributed by atoms with Crippen molar-refractivity contribution in [2.24, 2.45) is 5.92 Å². The van der Waals surface area contributed by atoms with E-state index in [0.29, 0.717) is 13.0 Å². The number of nitriles is 1. The number of hydrogen-bond donors (Lipinski definition) is 0. The number of ether oxygens (including phenoxy) is 1. The zero-order valence-corrected chi connectivity index (χ0v) is 11.8. The highest BCUT2D eigenvalue weighted by Gasteiger charge is 2.26. The third-order valence-corrected chi connectivity index (χ3v) is 3.54. The molecular weight excluding hydrogens is 252 g/mol. The van der Waals surface area contributed by atoms with Gasteiger partial charge in [0.2, 0.25) is 5.91 Å². The molecule has 0 N–H and O–H groups in total. The van der Waals surface area contributed by atoms with Crippen LogP contribution in [0.1, 0.15) is 24.8 Å². The second-order valence-electron chi connectivity index (χ2n) is 5.17. The van der Waals surface area contributed by atoms with Gasteiger partial charge in [0, 0.05) is 19.5 Å². The van der Waals surface area contributed by atoms with Crippen molar-refractivity contribution in [3.05, 3.63) is 29.8 Å². The predicted octanol–water partition coefficient (Wildman–Crippen LogP) is 2.53. The number of carbonyl (C=O) groups excluding carboxylic acids is 1. The second-order valence-corrected chi connectivity index (χ2v) is 5.17. The molecule has 1 aromatic carbocycles. The maximum atomic E-state index is 12.1. The number of carbonyl (C=O) groups is 1. The van der Waals surface area contributed by atoms with Crippen LogP contribution in [0.15, 0.2) is 24.3 Å². The van der Waals surface area contributed by atoms with Crippen LogP contribution in [0.2, 0.25) is 0 Å². The van der Waals surface area contributed by atoms with Crippen molar-refractivity contribution in [3.8, 4) is 11.8 Å². The fourth-order valence-electron chi connectivity index (χ4n) is 2.40. The first-order valence-corrected chi connectivity index (χ1v) is 7.08. The third kappa shape index (κ3) is 3.74. The number of amides is 1. The predicted molar refractivity (Wildman–Crippen MR) is 76.2 cm³/mol. The van der Waals surface area contributed by atoms with E-state index >= 15 is 0 Å². The molecule has 4 nitrogen and oxygen atoms in total. The first kappa shape index (κ1) is 14.4. The van der Waals surface area contributed by atoms with Gasteiger partial charge >= 0.3 is 0 Å². The lowest BCUT2D eigenvalue weighted by atomic mass is 10.1. The molecular formula is C16H20N2O2. The van der Waals surface area contributed by atoms with Crippen LogP contribution in [0, 0.1) is 24.2 Å². The molecule has 0 radical (unpaired) electrons. The van der Waals surface area contributed by atoms with Crippen LogP contribution >= 0.6 is 0 Å². The molecule has 1 unspecified atom stereocenters. The highest BCUT2D eigenvalue weighted by atomic mass is 16.5. The molecule has 106 valence electrons. The SMILES string of the molecule is Cc1cccc(OCCC(C#N)C(=O)N2CCCC2)c1.